The average Bonchev–Trinajstić information content (AvgIpc) is 2.80. The molecule has 0 bridgehead atoms. The van der Waals surface area contributed by atoms with Crippen LogP contribution in [0.15, 0.2) is 82.6 Å². The Hall–Kier alpha value is -3.56. The number of nitrogens with one attached hydrogen (secondary N) is 1. The highest BCUT2D eigenvalue weighted by Gasteiger charge is 2.21. The van der Waals surface area contributed by atoms with E-state index in [-0.39, 0.29) is 0 Å². The third kappa shape index (κ3) is 5.74. The van der Waals surface area contributed by atoms with E-state index in [1.807, 2.05) is 42.5 Å². The Kier molecular flexibility index (Phi) is 7.47. The van der Waals surface area contributed by atoms with Crippen LogP contribution in [0.5, 0.6) is 0 Å². The van der Waals surface area contributed by atoms with Gasteiger partial charge in [0.25, 0.3) is 5.91 Å². The molecule has 6 heteroatoms. The van der Waals surface area contributed by atoms with Crippen LogP contribution < -0.4 is 5.32 Å². The molecule has 0 spiro atoms. The molecule has 0 aromatic heterocycles. The lowest BCUT2D eigenvalue weighted by atomic mass is 10.1. The standard InChI is InChI=1S/C25H22N2O3S/c1-3-18-12-14-20(15-13-18)27-24(28)17(2)30-25(29)21-9-5-7-11-23(21)31-22-10-6-4-8-19(22)16-26/h4-15,17H,3H2,1-2H3,(H,27,28)/t17-/m1/s1. The first-order valence-corrected chi connectivity index (χ1v) is 10.7. The van der Waals surface area contributed by atoms with Crippen LogP contribution in [-0.2, 0) is 16.0 Å². The largest absolute Gasteiger partial charge is 0.449 e. The topological polar surface area (TPSA) is 79.2 Å². The molecule has 3 rings (SSSR count). The van der Waals surface area contributed by atoms with E-state index in [1.54, 1.807) is 30.3 Å². The van der Waals surface area contributed by atoms with E-state index in [2.05, 4.69) is 18.3 Å². The van der Waals surface area contributed by atoms with Gasteiger partial charge < -0.3 is 10.1 Å². The molecule has 0 heterocycles. The van der Waals surface area contributed by atoms with Crippen molar-refractivity contribution in [1.82, 2.24) is 0 Å². The number of anilines is 1. The van der Waals surface area contributed by atoms with Gasteiger partial charge in [0, 0.05) is 15.5 Å². The maximum atomic E-state index is 12.8. The zero-order chi connectivity index (χ0) is 22.2. The van der Waals surface area contributed by atoms with Crippen molar-refractivity contribution in [2.45, 2.75) is 36.2 Å². The quantitative estimate of drug-likeness (QED) is 0.504. The van der Waals surface area contributed by atoms with Gasteiger partial charge in [0.2, 0.25) is 0 Å². The zero-order valence-electron chi connectivity index (χ0n) is 17.3. The Balaban J connectivity index is 1.70. The second-order valence-corrected chi connectivity index (χ2v) is 7.88. The fourth-order valence-electron chi connectivity index (χ4n) is 2.84. The van der Waals surface area contributed by atoms with Crippen molar-refractivity contribution in [3.63, 3.8) is 0 Å². The minimum atomic E-state index is -0.970. The molecule has 31 heavy (non-hydrogen) atoms. The van der Waals surface area contributed by atoms with Gasteiger partial charge >= 0.3 is 5.97 Å². The minimum Gasteiger partial charge on any atom is -0.449 e. The van der Waals surface area contributed by atoms with Crippen LogP contribution in [0.3, 0.4) is 0 Å². The summed E-state index contributed by atoms with van der Waals surface area (Å²) in [6.45, 7) is 3.60. The highest BCUT2D eigenvalue weighted by molar-refractivity contribution is 7.99. The summed E-state index contributed by atoms with van der Waals surface area (Å²) < 4.78 is 5.42. The van der Waals surface area contributed by atoms with E-state index in [4.69, 9.17) is 4.74 Å². The number of carbonyl (C=O) groups excluding carboxylic acids is 2. The molecule has 156 valence electrons. The molecule has 0 fully saturated rings. The first-order chi connectivity index (χ1) is 15.0. The van der Waals surface area contributed by atoms with Gasteiger partial charge in [-0.05, 0) is 55.3 Å². The highest BCUT2D eigenvalue weighted by Crippen LogP contribution is 2.33. The van der Waals surface area contributed by atoms with Crippen LogP contribution in [0.2, 0.25) is 0 Å². The molecule has 1 amide bonds. The van der Waals surface area contributed by atoms with Gasteiger partial charge in [-0.15, -0.1) is 0 Å². The first kappa shape index (κ1) is 22.1. The summed E-state index contributed by atoms with van der Waals surface area (Å²) in [6, 6.07) is 23.8. The minimum absolute atomic E-state index is 0.340. The van der Waals surface area contributed by atoms with Crippen LogP contribution in [0, 0.1) is 11.3 Å². The molecule has 5 nitrogen and oxygen atoms in total. The summed E-state index contributed by atoms with van der Waals surface area (Å²) in [5.41, 5.74) is 2.68. The second kappa shape index (κ2) is 10.5. The molecule has 0 aliphatic carbocycles. The Bertz CT molecular complexity index is 1120. The number of carbonyl (C=O) groups is 2. The summed E-state index contributed by atoms with van der Waals surface area (Å²) >= 11 is 1.31. The Labute approximate surface area is 186 Å². The van der Waals surface area contributed by atoms with Gasteiger partial charge in [0.05, 0.1) is 11.1 Å². The number of aryl methyl sites for hydroxylation is 1. The SMILES string of the molecule is CCc1ccc(NC(=O)[C@@H](C)OC(=O)c2ccccc2Sc2ccccc2C#N)cc1. The van der Waals surface area contributed by atoms with Gasteiger partial charge in [-0.1, -0.05) is 55.1 Å². The summed E-state index contributed by atoms with van der Waals surface area (Å²) in [4.78, 5) is 26.6. The average molecular weight is 431 g/mol. The number of rotatable bonds is 7. The zero-order valence-corrected chi connectivity index (χ0v) is 18.1. The number of benzene rings is 3. The van der Waals surface area contributed by atoms with Gasteiger partial charge in [-0.3, -0.25) is 4.79 Å². The third-order valence-corrected chi connectivity index (χ3v) is 5.77. The lowest BCUT2D eigenvalue weighted by Gasteiger charge is -2.15. The van der Waals surface area contributed by atoms with E-state index >= 15 is 0 Å². The molecular formula is C25H22N2O3S. The summed E-state index contributed by atoms with van der Waals surface area (Å²) in [7, 11) is 0. The van der Waals surface area contributed by atoms with E-state index in [0.717, 1.165) is 11.3 Å². The smallest absolute Gasteiger partial charge is 0.340 e. The molecule has 1 atom stereocenters. The first-order valence-electron chi connectivity index (χ1n) is 9.88. The number of nitrogens with zero attached hydrogens (tertiary/aromatic N) is 1. The van der Waals surface area contributed by atoms with E-state index < -0.39 is 18.0 Å². The number of ether oxygens (including phenoxy) is 1. The van der Waals surface area contributed by atoms with Crippen molar-refractivity contribution in [3.05, 3.63) is 89.5 Å². The second-order valence-electron chi connectivity index (χ2n) is 6.79. The molecule has 0 saturated carbocycles. The Morgan fingerprint density at radius 2 is 1.65 bits per heavy atom. The summed E-state index contributed by atoms with van der Waals surface area (Å²) in [5, 5.41) is 12.1. The van der Waals surface area contributed by atoms with Crippen LogP contribution in [0.25, 0.3) is 0 Å². The summed E-state index contributed by atoms with van der Waals surface area (Å²) in [6.07, 6.45) is -0.0544. The van der Waals surface area contributed by atoms with E-state index in [9.17, 15) is 14.9 Å². The van der Waals surface area contributed by atoms with Crippen LogP contribution in [0.1, 0.15) is 35.3 Å². The molecule has 0 aliphatic heterocycles. The van der Waals surface area contributed by atoms with Crippen molar-refractivity contribution in [2.24, 2.45) is 0 Å². The molecule has 3 aromatic carbocycles. The normalized spacial score (nSPS) is 11.3. The lowest BCUT2D eigenvalue weighted by Crippen LogP contribution is -2.30. The number of hydrogen-bond acceptors (Lipinski definition) is 5. The Morgan fingerprint density at radius 1 is 1.00 bits per heavy atom. The molecule has 0 aliphatic rings. The maximum absolute atomic E-state index is 12.8. The number of hydrogen-bond donors (Lipinski definition) is 1. The molecule has 1 N–H and O–H groups in total. The van der Waals surface area contributed by atoms with Crippen molar-refractivity contribution in [2.75, 3.05) is 5.32 Å². The number of esters is 1. The summed E-state index contributed by atoms with van der Waals surface area (Å²) in [5.74, 6) is -1.00. The van der Waals surface area contributed by atoms with Gasteiger partial charge in [0.15, 0.2) is 6.10 Å². The molecule has 0 saturated heterocycles. The van der Waals surface area contributed by atoms with Crippen molar-refractivity contribution < 1.29 is 14.3 Å². The fraction of sp³-hybridized carbons (Fsp3) is 0.160. The maximum Gasteiger partial charge on any atom is 0.340 e. The van der Waals surface area contributed by atoms with Crippen molar-refractivity contribution >= 4 is 29.3 Å². The third-order valence-electron chi connectivity index (χ3n) is 4.62. The van der Waals surface area contributed by atoms with Crippen molar-refractivity contribution in [1.29, 1.82) is 5.26 Å². The number of nitriles is 1. The fourth-order valence-corrected chi connectivity index (χ4v) is 3.85. The highest BCUT2D eigenvalue weighted by atomic mass is 32.2. The van der Waals surface area contributed by atoms with Crippen LogP contribution in [-0.4, -0.2) is 18.0 Å². The van der Waals surface area contributed by atoms with Crippen LogP contribution in [0.4, 0.5) is 5.69 Å². The molecule has 0 radical (unpaired) electrons. The molecule has 3 aromatic rings. The van der Waals surface area contributed by atoms with Gasteiger partial charge in [0.1, 0.15) is 6.07 Å². The van der Waals surface area contributed by atoms with Gasteiger partial charge in [-0.25, -0.2) is 4.79 Å². The monoisotopic (exact) mass is 430 g/mol. The Morgan fingerprint density at radius 3 is 2.32 bits per heavy atom. The lowest BCUT2D eigenvalue weighted by molar-refractivity contribution is -0.123. The number of amides is 1. The predicted molar refractivity (Wildman–Crippen MR) is 121 cm³/mol. The molecule has 0 unspecified atom stereocenters. The van der Waals surface area contributed by atoms with E-state index in [1.165, 1.54) is 24.2 Å². The van der Waals surface area contributed by atoms with E-state index in [0.29, 0.717) is 21.7 Å². The molecular weight excluding hydrogens is 408 g/mol. The van der Waals surface area contributed by atoms with Crippen molar-refractivity contribution in [3.8, 4) is 6.07 Å². The van der Waals surface area contributed by atoms with Crippen LogP contribution >= 0.6 is 11.8 Å². The predicted octanol–water partition coefficient (Wildman–Crippen LogP) is 5.46. The van der Waals surface area contributed by atoms with Gasteiger partial charge in [-0.2, -0.15) is 5.26 Å².